The van der Waals surface area contributed by atoms with Crippen molar-refractivity contribution in [2.24, 2.45) is 7.05 Å². The Labute approximate surface area is 130 Å². The Bertz CT molecular complexity index is 890. The molecule has 0 unspecified atom stereocenters. The zero-order valence-electron chi connectivity index (χ0n) is 11.5. The summed E-state index contributed by atoms with van der Waals surface area (Å²) in [4.78, 5) is 10.3. The van der Waals surface area contributed by atoms with Crippen LogP contribution in [-0.2, 0) is 12.8 Å². The molecule has 0 bridgehead atoms. The number of thioether (sulfide) groups is 1. The van der Waals surface area contributed by atoms with Crippen molar-refractivity contribution in [1.82, 2.24) is 14.5 Å². The number of imidazole rings is 1. The van der Waals surface area contributed by atoms with Crippen LogP contribution in [0.2, 0.25) is 0 Å². The van der Waals surface area contributed by atoms with Gasteiger partial charge >= 0.3 is 0 Å². The zero-order valence-corrected chi connectivity index (χ0v) is 13.1. The number of benzene rings is 1. The molecular formula is C16H13N3S2. The highest BCUT2D eigenvalue weighted by atomic mass is 32.2. The van der Waals surface area contributed by atoms with Crippen molar-refractivity contribution < 1.29 is 0 Å². The molecule has 0 atom stereocenters. The number of nitrogens with zero attached hydrogens (tertiary/aromatic N) is 3. The van der Waals surface area contributed by atoms with Crippen LogP contribution in [0.15, 0.2) is 53.9 Å². The Morgan fingerprint density at radius 2 is 2.10 bits per heavy atom. The fourth-order valence-electron chi connectivity index (χ4n) is 2.39. The Balaban J connectivity index is 1.63. The third kappa shape index (κ3) is 2.32. The summed E-state index contributed by atoms with van der Waals surface area (Å²) in [5.41, 5.74) is 2.12. The van der Waals surface area contributed by atoms with Gasteiger partial charge in [-0.05, 0) is 23.6 Å². The van der Waals surface area contributed by atoms with Gasteiger partial charge in [0.2, 0.25) is 0 Å². The van der Waals surface area contributed by atoms with Crippen molar-refractivity contribution in [2.45, 2.75) is 10.8 Å². The molecule has 0 spiro atoms. The average molecular weight is 311 g/mol. The highest BCUT2D eigenvalue weighted by Gasteiger charge is 2.09. The van der Waals surface area contributed by atoms with E-state index in [4.69, 9.17) is 0 Å². The summed E-state index contributed by atoms with van der Waals surface area (Å²) in [6.07, 6.45) is 3.70. The van der Waals surface area contributed by atoms with Gasteiger partial charge in [-0.2, -0.15) is 0 Å². The van der Waals surface area contributed by atoms with Crippen LogP contribution < -0.4 is 0 Å². The third-order valence-electron chi connectivity index (χ3n) is 3.44. The van der Waals surface area contributed by atoms with Crippen LogP contribution in [0.3, 0.4) is 0 Å². The van der Waals surface area contributed by atoms with Crippen LogP contribution in [0.4, 0.5) is 0 Å². The minimum absolute atomic E-state index is 0.933. The van der Waals surface area contributed by atoms with Gasteiger partial charge < -0.3 is 4.57 Å². The lowest BCUT2D eigenvalue weighted by atomic mass is 10.2. The molecule has 3 nitrogen and oxygen atoms in total. The summed E-state index contributed by atoms with van der Waals surface area (Å²) >= 11 is 3.61. The van der Waals surface area contributed by atoms with Crippen LogP contribution >= 0.6 is 23.1 Å². The van der Waals surface area contributed by atoms with Crippen molar-refractivity contribution >= 4 is 44.2 Å². The van der Waals surface area contributed by atoms with Gasteiger partial charge in [-0.25, -0.2) is 9.97 Å². The minimum atomic E-state index is 0.933. The van der Waals surface area contributed by atoms with Gasteiger partial charge in [0.25, 0.3) is 0 Å². The number of thiophene rings is 1. The van der Waals surface area contributed by atoms with E-state index in [0.29, 0.717) is 0 Å². The molecule has 21 heavy (non-hydrogen) atoms. The Morgan fingerprint density at radius 3 is 3.00 bits per heavy atom. The van der Waals surface area contributed by atoms with Gasteiger partial charge in [0.1, 0.15) is 10.5 Å². The van der Waals surface area contributed by atoms with Crippen molar-refractivity contribution in [3.05, 3.63) is 53.8 Å². The maximum absolute atomic E-state index is 4.48. The first kappa shape index (κ1) is 12.9. The number of aryl methyl sites for hydroxylation is 1. The van der Waals surface area contributed by atoms with Gasteiger partial charge in [0.15, 0.2) is 0 Å². The summed E-state index contributed by atoms with van der Waals surface area (Å²) in [7, 11) is 2.01. The minimum Gasteiger partial charge on any atom is -0.334 e. The first-order valence-corrected chi connectivity index (χ1v) is 8.48. The van der Waals surface area contributed by atoms with Crippen LogP contribution in [-0.4, -0.2) is 14.5 Å². The molecule has 4 rings (SSSR count). The highest BCUT2D eigenvalue weighted by molar-refractivity contribution is 7.98. The second-order valence-corrected chi connectivity index (χ2v) is 7.01. The molecule has 0 saturated heterocycles. The molecule has 0 saturated carbocycles. The average Bonchev–Trinajstić information content (AvgIpc) is 3.09. The zero-order chi connectivity index (χ0) is 14.2. The maximum Gasteiger partial charge on any atom is 0.124 e. The molecule has 0 fully saturated rings. The third-order valence-corrected chi connectivity index (χ3v) is 5.76. The van der Waals surface area contributed by atoms with E-state index in [1.807, 2.05) is 41.5 Å². The number of aromatic nitrogens is 3. The predicted octanol–water partition coefficient (Wildman–Crippen LogP) is 4.48. The molecule has 0 aliphatic carbocycles. The number of fused-ring (bicyclic) bond motifs is 2. The smallest absolute Gasteiger partial charge is 0.124 e. The quantitative estimate of drug-likeness (QED) is 0.523. The molecule has 0 radical (unpaired) electrons. The van der Waals surface area contributed by atoms with Crippen molar-refractivity contribution in [1.29, 1.82) is 0 Å². The lowest BCUT2D eigenvalue weighted by molar-refractivity contribution is 0.947. The van der Waals surface area contributed by atoms with E-state index in [-0.39, 0.29) is 0 Å². The van der Waals surface area contributed by atoms with E-state index in [2.05, 4.69) is 40.3 Å². The van der Waals surface area contributed by atoms with Crippen molar-refractivity contribution in [3.63, 3.8) is 0 Å². The van der Waals surface area contributed by atoms with Crippen LogP contribution in [0.5, 0.6) is 0 Å². The van der Waals surface area contributed by atoms with Crippen molar-refractivity contribution in [2.75, 3.05) is 0 Å². The summed E-state index contributed by atoms with van der Waals surface area (Å²) in [6.45, 7) is 0. The summed E-state index contributed by atoms with van der Waals surface area (Å²) < 4.78 is 3.37. The van der Waals surface area contributed by atoms with Crippen molar-refractivity contribution in [3.8, 4) is 0 Å². The van der Waals surface area contributed by atoms with Gasteiger partial charge in [-0.1, -0.05) is 30.0 Å². The first-order chi connectivity index (χ1) is 10.3. The largest absolute Gasteiger partial charge is 0.334 e. The van der Waals surface area contributed by atoms with Gasteiger partial charge in [0, 0.05) is 28.6 Å². The van der Waals surface area contributed by atoms with E-state index in [1.54, 1.807) is 11.8 Å². The summed E-state index contributed by atoms with van der Waals surface area (Å²) in [6, 6.07) is 12.8. The number of pyridine rings is 1. The Hall–Kier alpha value is -1.85. The highest BCUT2D eigenvalue weighted by Crippen LogP contribution is 2.32. The monoisotopic (exact) mass is 311 g/mol. The molecule has 1 aromatic carbocycles. The molecule has 3 aromatic heterocycles. The van der Waals surface area contributed by atoms with Crippen LogP contribution in [0.25, 0.3) is 21.1 Å². The number of hydrogen-bond acceptors (Lipinski definition) is 4. The molecule has 0 N–H and O–H groups in total. The van der Waals surface area contributed by atoms with E-state index in [9.17, 15) is 0 Å². The lowest BCUT2D eigenvalue weighted by Gasteiger charge is -2.00. The number of rotatable bonds is 3. The predicted molar refractivity (Wildman–Crippen MR) is 89.9 cm³/mol. The number of hydrogen-bond donors (Lipinski definition) is 0. The van der Waals surface area contributed by atoms with Gasteiger partial charge in [0.05, 0.1) is 11.8 Å². The van der Waals surface area contributed by atoms with Gasteiger partial charge in [-0.3, -0.25) is 0 Å². The molecule has 5 heteroatoms. The standard InChI is InChI=1S/C16H13N3S2/c1-19-10-18-15-13(19)6-7-17-16(15)20-9-12-8-11-4-2-3-5-14(11)21-12/h2-8,10H,9H2,1H3. The van der Waals surface area contributed by atoms with E-state index in [0.717, 1.165) is 21.8 Å². The van der Waals surface area contributed by atoms with Crippen LogP contribution in [0, 0.1) is 0 Å². The molecule has 4 aromatic rings. The molecule has 104 valence electrons. The van der Waals surface area contributed by atoms with E-state index < -0.39 is 0 Å². The summed E-state index contributed by atoms with van der Waals surface area (Å²) in [5, 5.41) is 2.33. The Morgan fingerprint density at radius 1 is 1.19 bits per heavy atom. The fourth-order valence-corrected chi connectivity index (χ4v) is 4.45. The fraction of sp³-hybridized carbons (Fsp3) is 0.125. The molecule has 0 amide bonds. The second kappa shape index (κ2) is 5.16. The van der Waals surface area contributed by atoms with Gasteiger partial charge in [-0.15, -0.1) is 11.3 Å². The first-order valence-electron chi connectivity index (χ1n) is 6.67. The van der Waals surface area contributed by atoms with E-state index >= 15 is 0 Å². The molecule has 0 aliphatic heterocycles. The molecular weight excluding hydrogens is 298 g/mol. The van der Waals surface area contributed by atoms with E-state index in [1.165, 1.54) is 15.0 Å². The lowest BCUT2D eigenvalue weighted by Crippen LogP contribution is -1.86. The normalized spacial score (nSPS) is 11.5. The van der Waals surface area contributed by atoms with Crippen LogP contribution in [0.1, 0.15) is 4.88 Å². The summed E-state index contributed by atoms with van der Waals surface area (Å²) in [5.74, 6) is 0.933. The SMILES string of the molecule is Cn1cnc2c(SCc3cc4ccccc4s3)nccc21. The second-order valence-electron chi connectivity index (χ2n) is 4.88. The molecule has 3 heterocycles. The Kier molecular flexibility index (Phi) is 3.16. The maximum atomic E-state index is 4.48. The topological polar surface area (TPSA) is 30.7 Å². The molecule has 0 aliphatic rings.